The molecule has 2 aromatic heterocycles. The van der Waals surface area contributed by atoms with E-state index in [-0.39, 0.29) is 12.0 Å². The van der Waals surface area contributed by atoms with Crippen LogP contribution in [0.2, 0.25) is 0 Å². The van der Waals surface area contributed by atoms with Crippen LogP contribution in [0, 0.1) is 12.7 Å². The fourth-order valence-corrected chi connectivity index (χ4v) is 4.17. The maximum Gasteiger partial charge on any atom is 0.320 e. The van der Waals surface area contributed by atoms with Crippen molar-refractivity contribution in [2.45, 2.75) is 39.7 Å². The lowest BCUT2D eigenvalue weighted by Gasteiger charge is -2.14. The second-order valence-electron chi connectivity index (χ2n) is 10.6. The topological polar surface area (TPSA) is 86.0 Å². The van der Waals surface area contributed by atoms with E-state index in [0.29, 0.717) is 22.9 Å². The van der Waals surface area contributed by atoms with Crippen LogP contribution in [0.1, 0.15) is 37.6 Å². The molecule has 0 saturated carbocycles. The predicted molar refractivity (Wildman–Crippen MR) is 150 cm³/mol. The third-order valence-electron chi connectivity index (χ3n) is 6.41. The van der Waals surface area contributed by atoms with Crippen LogP contribution in [0.4, 0.5) is 15.0 Å². The Morgan fingerprint density at radius 3 is 2.54 bits per heavy atom. The molecule has 5 rings (SSSR count). The zero-order valence-corrected chi connectivity index (χ0v) is 22.6. The molecule has 39 heavy (non-hydrogen) atoms. The molecule has 0 unspecified atom stereocenters. The van der Waals surface area contributed by atoms with Gasteiger partial charge in [-0.15, -0.1) is 0 Å². The second-order valence-corrected chi connectivity index (χ2v) is 10.6. The monoisotopic (exact) mass is 526 g/mol. The summed E-state index contributed by atoms with van der Waals surface area (Å²) in [5.74, 6) is 1.14. The number of benzene rings is 3. The minimum Gasteiger partial charge on any atom is -0.457 e. The Balaban J connectivity index is 1.33. The number of urea groups is 1. The number of nitrogens with one attached hydrogen (secondary N) is 2. The number of nitrogens with zero attached hydrogens (tertiary/aromatic N) is 4. The average Bonchev–Trinajstić information content (AvgIpc) is 3.48. The van der Waals surface area contributed by atoms with Gasteiger partial charge in [0.05, 0.1) is 23.1 Å². The molecule has 0 saturated heterocycles. The Morgan fingerprint density at radius 2 is 1.79 bits per heavy atom. The van der Waals surface area contributed by atoms with Gasteiger partial charge >= 0.3 is 6.03 Å². The molecule has 2 N–H and O–H groups in total. The van der Waals surface area contributed by atoms with Gasteiger partial charge in [0.15, 0.2) is 0 Å². The summed E-state index contributed by atoms with van der Waals surface area (Å²) in [6.07, 6.45) is 1.76. The van der Waals surface area contributed by atoms with E-state index in [1.165, 1.54) is 12.1 Å². The molecule has 8 nitrogen and oxygen atoms in total. The molecule has 0 aliphatic heterocycles. The highest BCUT2D eigenvalue weighted by atomic mass is 19.1. The molecule has 0 aliphatic carbocycles. The highest BCUT2D eigenvalue weighted by molar-refractivity contribution is 5.88. The number of fused-ring (bicyclic) bond motifs is 1. The summed E-state index contributed by atoms with van der Waals surface area (Å²) < 4.78 is 23.7. The molecular weight excluding hydrogens is 495 g/mol. The van der Waals surface area contributed by atoms with E-state index in [1.807, 2.05) is 62.5 Å². The highest BCUT2D eigenvalue weighted by Gasteiger charge is 2.21. The van der Waals surface area contributed by atoms with Crippen LogP contribution in [0.25, 0.3) is 16.6 Å². The lowest BCUT2D eigenvalue weighted by molar-refractivity contribution is 0.251. The van der Waals surface area contributed by atoms with Crippen molar-refractivity contribution < 1.29 is 13.9 Å². The minimum absolute atomic E-state index is 0.0544. The molecule has 3 aromatic carbocycles. The van der Waals surface area contributed by atoms with Crippen molar-refractivity contribution >= 4 is 22.8 Å². The number of aromatic nitrogens is 4. The summed E-state index contributed by atoms with van der Waals surface area (Å²) >= 11 is 0. The van der Waals surface area contributed by atoms with Gasteiger partial charge in [-0.1, -0.05) is 38.5 Å². The number of hydrogen-bond acceptors (Lipinski definition) is 4. The molecule has 0 bridgehead atoms. The molecule has 2 amide bonds. The molecule has 2 heterocycles. The summed E-state index contributed by atoms with van der Waals surface area (Å²) in [6, 6.07) is 19.2. The highest BCUT2D eigenvalue weighted by Crippen LogP contribution is 2.29. The van der Waals surface area contributed by atoms with Crippen LogP contribution in [0.5, 0.6) is 11.5 Å². The number of hydrogen-bond donors (Lipinski definition) is 2. The number of halogens is 1. The van der Waals surface area contributed by atoms with Crippen LogP contribution < -0.4 is 15.4 Å². The van der Waals surface area contributed by atoms with Crippen LogP contribution in [0.3, 0.4) is 0 Å². The van der Waals surface area contributed by atoms with Gasteiger partial charge in [0.25, 0.3) is 0 Å². The quantitative estimate of drug-likeness (QED) is 0.260. The van der Waals surface area contributed by atoms with Gasteiger partial charge in [-0.25, -0.2) is 13.9 Å². The summed E-state index contributed by atoms with van der Waals surface area (Å²) in [4.78, 5) is 13.0. The third-order valence-corrected chi connectivity index (χ3v) is 6.41. The van der Waals surface area contributed by atoms with Crippen molar-refractivity contribution in [3.8, 4) is 17.2 Å². The molecule has 0 atom stereocenters. The molecule has 200 valence electrons. The molecular formula is C30H31FN6O2. The molecule has 0 radical (unpaired) electrons. The van der Waals surface area contributed by atoms with Crippen LogP contribution >= 0.6 is 0 Å². The van der Waals surface area contributed by atoms with Crippen LogP contribution in [-0.4, -0.2) is 25.6 Å². The van der Waals surface area contributed by atoms with Crippen molar-refractivity contribution in [3.63, 3.8) is 0 Å². The number of rotatable bonds is 6. The number of amides is 2. The fraction of sp³-hybridized carbons (Fsp3) is 0.233. The van der Waals surface area contributed by atoms with Crippen molar-refractivity contribution in [2.24, 2.45) is 7.05 Å². The first kappa shape index (κ1) is 26.0. The van der Waals surface area contributed by atoms with E-state index in [1.54, 1.807) is 21.6 Å². The van der Waals surface area contributed by atoms with Gasteiger partial charge in [0.1, 0.15) is 23.1 Å². The summed E-state index contributed by atoms with van der Waals surface area (Å²) in [5, 5.41) is 15.6. The van der Waals surface area contributed by atoms with Crippen molar-refractivity contribution in [1.29, 1.82) is 0 Å². The maximum atomic E-state index is 14.1. The normalized spacial score (nSPS) is 11.5. The molecule has 0 aliphatic rings. The number of aryl methyl sites for hydroxylation is 2. The van der Waals surface area contributed by atoms with E-state index in [9.17, 15) is 9.18 Å². The first-order valence-corrected chi connectivity index (χ1v) is 12.7. The first-order valence-electron chi connectivity index (χ1n) is 12.7. The zero-order chi connectivity index (χ0) is 27.7. The lowest BCUT2D eigenvalue weighted by Crippen LogP contribution is -2.29. The van der Waals surface area contributed by atoms with Crippen molar-refractivity contribution in [1.82, 2.24) is 24.9 Å². The van der Waals surface area contributed by atoms with Gasteiger partial charge < -0.3 is 10.1 Å². The standard InChI is InChI=1S/C30H31FN6O2/c1-19-6-9-23(10-7-19)37-28(16-27(35-37)30(2,3)4)34-29(38)32-17-21-14-22(31)8-13-26(21)39-24-11-12-25-20(15-24)18-33-36(25)5/h6-16,18H,17H2,1-5H3,(H2,32,34,38). The van der Waals surface area contributed by atoms with Gasteiger partial charge in [-0.05, 0) is 55.5 Å². The second kappa shape index (κ2) is 10.2. The smallest absolute Gasteiger partial charge is 0.320 e. The van der Waals surface area contributed by atoms with Crippen LogP contribution in [-0.2, 0) is 19.0 Å². The number of carbonyl (C=O) groups excluding carboxylic acids is 1. The Labute approximate surface area is 226 Å². The van der Waals surface area contributed by atoms with Crippen molar-refractivity contribution in [3.05, 3.63) is 95.6 Å². The zero-order valence-electron chi connectivity index (χ0n) is 22.6. The van der Waals surface area contributed by atoms with Crippen molar-refractivity contribution in [2.75, 3.05) is 5.32 Å². The van der Waals surface area contributed by atoms with Crippen LogP contribution in [0.15, 0.2) is 72.9 Å². The predicted octanol–water partition coefficient (Wildman–Crippen LogP) is 6.62. The van der Waals surface area contributed by atoms with E-state index in [2.05, 4.69) is 36.5 Å². The van der Waals surface area contributed by atoms with E-state index >= 15 is 0 Å². The molecule has 5 aromatic rings. The SMILES string of the molecule is Cc1ccc(-n2nc(C(C)(C)C)cc2NC(=O)NCc2cc(F)ccc2Oc2ccc3c(cnn3C)c2)cc1. The van der Waals surface area contributed by atoms with Gasteiger partial charge in [0.2, 0.25) is 0 Å². The Bertz CT molecular complexity index is 1650. The Kier molecular flexibility index (Phi) is 6.82. The summed E-state index contributed by atoms with van der Waals surface area (Å²) in [7, 11) is 1.87. The maximum absolute atomic E-state index is 14.1. The van der Waals surface area contributed by atoms with E-state index in [4.69, 9.17) is 9.84 Å². The Morgan fingerprint density at radius 1 is 1.03 bits per heavy atom. The number of anilines is 1. The van der Waals surface area contributed by atoms with E-state index in [0.717, 1.165) is 27.8 Å². The average molecular weight is 527 g/mol. The fourth-order valence-electron chi connectivity index (χ4n) is 4.17. The summed E-state index contributed by atoms with van der Waals surface area (Å²) in [5.41, 5.74) is 4.05. The largest absolute Gasteiger partial charge is 0.457 e. The van der Waals surface area contributed by atoms with Gasteiger partial charge in [-0.3, -0.25) is 10.00 Å². The van der Waals surface area contributed by atoms with Gasteiger partial charge in [-0.2, -0.15) is 10.2 Å². The minimum atomic E-state index is -0.448. The third kappa shape index (κ3) is 5.77. The molecule has 0 fully saturated rings. The summed E-state index contributed by atoms with van der Waals surface area (Å²) in [6.45, 7) is 8.27. The molecule has 9 heteroatoms. The Hall–Kier alpha value is -4.66. The van der Waals surface area contributed by atoms with Gasteiger partial charge in [0, 0.05) is 36.0 Å². The first-order chi connectivity index (χ1) is 18.6. The van der Waals surface area contributed by atoms with E-state index < -0.39 is 11.8 Å². The number of carbonyl (C=O) groups is 1. The molecule has 0 spiro atoms. The number of ether oxygens (including phenoxy) is 1. The lowest BCUT2D eigenvalue weighted by atomic mass is 9.92.